The van der Waals surface area contributed by atoms with Crippen LogP contribution in [0.5, 0.6) is 0 Å². The molecule has 2 aliphatic rings. The molecule has 7 nitrogen and oxygen atoms in total. The summed E-state index contributed by atoms with van der Waals surface area (Å²) in [6, 6.07) is 12.6. The summed E-state index contributed by atoms with van der Waals surface area (Å²) in [7, 11) is -3.54. The smallest absolute Gasteiger partial charge is 0.386 e. The number of halogens is 3. The summed E-state index contributed by atoms with van der Waals surface area (Å²) in [5, 5.41) is 13.1. The zero-order valence-corrected chi connectivity index (χ0v) is 21.3. The van der Waals surface area contributed by atoms with E-state index in [1.807, 2.05) is 12.1 Å². The topological polar surface area (TPSA) is 101 Å². The number of benzene rings is 1. The number of nitrogens with one attached hydrogen (secondary N) is 1. The lowest BCUT2D eigenvalue weighted by molar-refractivity contribution is -0.137. The average molecular weight is 548 g/mol. The van der Waals surface area contributed by atoms with Crippen molar-refractivity contribution in [3.8, 4) is 11.1 Å². The van der Waals surface area contributed by atoms with E-state index in [-0.39, 0.29) is 16.9 Å². The lowest BCUT2D eigenvalue weighted by atomic mass is 9.95. The second-order valence-electron chi connectivity index (χ2n) is 9.83. The Kier molecular flexibility index (Phi) is 7.43. The Labute approximate surface area is 219 Å². The van der Waals surface area contributed by atoms with Crippen molar-refractivity contribution in [3.63, 3.8) is 0 Å². The first-order chi connectivity index (χ1) is 18.1. The highest BCUT2D eigenvalue weighted by Crippen LogP contribution is 2.33. The fourth-order valence-electron chi connectivity index (χ4n) is 4.87. The molecule has 1 saturated heterocycles. The molecule has 2 fully saturated rings. The molecule has 11 heteroatoms. The molecular weight excluding hydrogens is 519 g/mol. The van der Waals surface area contributed by atoms with Gasteiger partial charge in [-0.15, -0.1) is 0 Å². The van der Waals surface area contributed by atoms with Crippen molar-refractivity contribution in [1.29, 1.82) is 0 Å². The summed E-state index contributed by atoms with van der Waals surface area (Å²) >= 11 is 0. The maximum absolute atomic E-state index is 13.3. The molecule has 3 heterocycles. The van der Waals surface area contributed by atoms with E-state index in [9.17, 15) is 26.7 Å². The van der Waals surface area contributed by atoms with E-state index in [2.05, 4.69) is 15.3 Å². The predicted molar refractivity (Wildman–Crippen MR) is 135 cm³/mol. The van der Waals surface area contributed by atoms with Crippen LogP contribution < -0.4 is 5.32 Å². The van der Waals surface area contributed by atoms with E-state index >= 15 is 0 Å². The molecule has 1 saturated carbocycles. The van der Waals surface area contributed by atoms with Gasteiger partial charge in [0.1, 0.15) is 11.9 Å². The lowest BCUT2D eigenvalue weighted by Gasteiger charge is -2.30. The molecule has 1 atom stereocenters. The monoisotopic (exact) mass is 547 g/mol. The highest BCUT2D eigenvalue weighted by molar-refractivity contribution is 7.92. The van der Waals surface area contributed by atoms with Crippen LogP contribution in [0, 0.1) is 5.92 Å². The Bertz CT molecular complexity index is 1350. The Hall–Kier alpha value is -3.02. The molecule has 5 rings (SSSR count). The molecule has 0 radical (unpaired) electrons. The summed E-state index contributed by atoms with van der Waals surface area (Å²) in [4.78, 5) is 8.37. The molecule has 1 unspecified atom stereocenters. The number of hydrogen-bond donors (Lipinski definition) is 2. The number of nitrogens with zero attached hydrogens (tertiary/aromatic N) is 2. The summed E-state index contributed by atoms with van der Waals surface area (Å²) in [6.07, 6.45) is -0.700. The normalized spacial score (nSPS) is 21.5. The van der Waals surface area contributed by atoms with Gasteiger partial charge >= 0.3 is 6.18 Å². The third kappa shape index (κ3) is 5.69. The molecule has 3 aromatic rings. The van der Waals surface area contributed by atoms with Gasteiger partial charge in [-0.05, 0) is 73.2 Å². The van der Waals surface area contributed by atoms with Gasteiger partial charge in [0.2, 0.25) is 0 Å². The Balaban J connectivity index is 1.20. The molecule has 0 amide bonds. The standard InChI is InChI=1S/C27H28F3N3O4S/c28-27(29,30)20-3-10-25(32-14-20)33-21-4-8-23(9-5-21)38(35,36)22-6-1-17(2-7-22)18-11-12-31-24(13-18)26(34)19-15-37-16-19/h1-3,6-7,10-14,19,21,23,26,34H,4-5,8-9,15-16H2,(H,32,33). The number of aliphatic hydroxyl groups is 1. The zero-order valence-electron chi connectivity index (χ0n) is 20.4. The fraction of sp³-hybridized carbons (Fsp3) is 0.407. The van der Waals surface area contributed by atoms with Crippen LogP contribution in [0.2, 0.25) is 0 Å². The second kappa shape index (κ2) is 10.6. The average Bonchev–Trinajstić information content (AvgIpc) is 2.88. The number of hydrogen-bond acceptors (Lipinski definition) is 7. The molecule has 38 heavy (non-hydrogen) atoms. The maximum atomic E-state index is 13.3. The number of pyridine rings is 2. The first-order valence-electron chi connectivity index (χ1n) is 12.5. The minimum Gasteiger partial charge on any atom is -0.386 e. The van der Waals surface area contributed by atoms with Crippen molar-refractivity contribution < 1.29 is 31.4 Å². The minimum atomic E-state index is -4.44. The van der Waals surface area contributed by atoms with Crippen LogP contribution in [0.15, 0.2) is 65.8 Å². The number of sulfone groups is 1. The van der Waals surface area contributed by atoms with E-state index in [0.717, 1.165) is 23.4 Å². The number of ether oxygens (including phenoxy) is 1. The van der Waals surface area contributed by atoms with Gasteiger partial charge in [-0.2, -0.15) is 13.2 Å². The first kappa shape index (κ1) is 26.6. The number of aromatic nitrogens is 2. The highest BCUT2D eigenvalue weighted by Gasteiger charge is 2.33. The van der Waals surface area contributed by atoms with Crippen LogP contribution in [0.3, 0.4) is 0 Å². The SMILES string of the molecule is O=S(=O)(c1ccc(-c2ccnc(C(O)C3COC3)c2)cc1)C1CCC(Nc2ccc(C(F)(F)F)cn2)CC1. The van der Waals surface area contributed by atoms with Gasteiger partial charge in [0.25, 0.3) is 0 Å². The molecule has 202 valence electrons. The summed E-state index contributed by atoms with van der Waals surface area (Å²) in [5.41, 5.74) is 1.40. The lowest BCUT2D eigenvalue weighted by Crippen LogP contribution is -2.33. The van der Waals surface area contributed by atoms with E-state index in [1.54, 1.807) is 30.5 Å². The third-order valence-corrected chi connectivity index (χ3v) is 9.54. The van der Waals surface area contributed by atoms with Gasteiger partial charge in [-0.1, -0.05) is 12.1 Å². The van der Waals surface area contributed by atoms with Gasteiger partial charge in [0.05, 0.1) is 34.6 Å². The number of alkyl halides is 3. The van der Waals surface area contributed by atoms with Crippen molar-refractivity contribution in [2.45, 2.75) is 54.2 Å². The maximum Gasteiger partial charge on any atom is 0.417 e. The summed E-state index contributed by atoms with van der Waals surface area (Å²) < 4.78 is 69.9. The summed E-state index contributed by atoms with van der Waals surface area (Å²) in [5.74, 6) is 0.370. The number of aliphatic hydroxyl groups excluding tert-OH is 1. The van der Waals surface area contributed by atoms with Gasteiger partial charge < -0.3 is 15.2 Å². The van der Waals surface area contributed by atoms with Crippen molar-refractivity contribution in [2.24, 2.45) is 5.92 Å². The molecule has 2 N–H and O–H groups in total. The van der Waals surface area contributed by atoms with Crippen molar-refractivity contribution in [1.82, 2.24) is 9.97 Å². The van der Waals surface area contributed by atoms with E-state index < -0.39 is 32.9 Å². The van der Waals surface area contributed by atoms with Crippen LogP contribution >= 0.6 is 0 Å². The van der Waals surface area contributed by atoms with Crippen molar-refractivity contribution in [3.05, 3.63) is 72.2 Å². The summed E-state index contributed by atoms with van der Waals surface area (Å²) in [6.45, 7) is 1.01. The zero-order chi connectivity index (χ0) is 26.9. The van der Waals surface area contributed by atoms with Crippen LogP contribution in [0.4, 0.5) is 19.0 Å². The Morgan fingerprint density at radius 1 is 0.947 bits per heavy atom. The second-order valence-corrected chi connectivity index (χ2v) is 12.1. The van der Waals surface area contributed by atoms with Crippen molar-refractivity contribution in [2.75, 3.05) is 18.5 Å². The Morgan fingerprint density at radius 2 is 1.66 bits per heavy atom. The molecule has 1 aliphatic carbocycles. The quantitative estimate of drug-likeness (QED) is 0.427. The van der Waals surface area contributed by atoms with Crippen LogP contribution in [0.25, 0.3) is 11.1 Å². The van der Waals surface area contributed by atoms with Crippen LogP contribution in [-0.4, -0.2) is 48.0 Å². The molecule has 1 aliphatic heterocycles. The van der Waals surface area contributed by atoms with Crippen molar-refractivity contribution >= 4 is 15.7 Å². The number of anilines is 1. The molecule has 1 aromatic carbocycles. The van der Waals surface area contributed by atoms with Gasteiger partial charge in [-0.3, -0.25) is 4.98 Å². The molecular formula is C27H28F3N3O4S. The Morgan fingerprint density at radius 3 is 2.24 bits per heavy atom. The third-order valence-electron chi connectivity index (χ3n) is 7.27. The van der Waals surface area contributed by atoms with Crippen LogP contribution in [-0.2, 0) is 20.8 Å². The largest absolute Gasteiger partial charge is 0.417 e. The van der Waals surface area contributed by atoms with Gasteiger partial charge in [0, 0.05) is 24.4 Å². The fourth-order valence-corrected chi connectivity index (χ4v) is 6.66. The minimum absolute atomic E-state index is 0.0294. The highest BCUT2D eigenvalue weighted by atomic mass is 32.2. The molecule has 0 spiro atoms. The predicted octanol–water partition coefficient (Wildman–Crippen LogP) is 5.04. The molecule has 2 aromatic heterocycles. The van der Waals surface area contributed by atoms with Gasteiger partial charge in [0.15, 0.2) is 9.84 Å². The van der Waals surface area contributed by atoms with E-state index in [0.29, 0.717) is 50.4 Å². The van der Waals surface area contributed by atoms with Gasteiger partial charge in [-0.25, -0.2) is 13.4 Å². The van der Waals surface area contributed by atoms with E-state index in [1.165, 1.54) is 6.07 Å². The van der Waals surface area contributed by atoms with Crippen LogP contribution in [0.1, 0.15) is 43.0 Å². The first-order valence-corrected chi connectivity index (χ1v) is 14.0. The van der Waals surface area contributed by atoms with E-state index in [4.69, 9.17) is 4.74 Å². The molecule has 0 bridgehead atoms. The number of rotatable bonds is 7.